The number of ether oxygens (including phenoxy) is 1. The number of nitrogens with one attached hydrogen (secondary N) is 1. The van der Waals surface area contributed by atoms with Crippen molar-refractivity contribution in [1.29, 1.82) is 0 Å². The molecule has 5 nitrogen and oxygen atoms in total. The smallest absolute Gasteiger partial charge is 0.250 e. The molecule has 1 fully saturated rings. The van der Waals surface area contributed by atoms with E-state index < -0.39 is 0 Å². The van der Waals surface area contributed by atoms with Gasteiger partial charge in [0, 0.05) is 25.9 Å². The fraction of sp³-hybridized carbons (Fsp3) is 0.538. The van der Waals surface area contributed by atoms with Crippen LogP contribution in [0.5, 0.6) is 0 Å². The van der Waals surface area contributed by atoms with Crippen molar-refractivity contribution in [3.63, 3.8) is 0 Å². The molecule has 5 heteroatoms. The molecule has 1 amide bonds. The molecule has 98 valence electrons. The van der Waals surface area contributed by atoms with Crippen LogP contribution in [0.25, 0.3) is 0 Å². The Morgan fingerprint density at radius 2 is 2.28 bits per heavy atom. The van der Waals surface area contributed by atoms with E-state index in [1.807, 2.05) is 19.1 Å². The van der Waals surface area contributed by atoms with Crippen LogP contribution in [0.15, 0.2) is 18.3 Å². The third kappa shape index (κ3) is 3.20. The lowest BCUT2D eigenvalue weighted by molar-refractivity contribution is -0.120. The van der Waals surface area contributed by atoms with Crippen molar-refractivity contribution in [1.82, 2.24) is 4.98 Å². The van der Waals surface area contributed by atoms with E-state index in [0.29, 0.717) is 6.61 Å². The van der Waals surface area contributed by atoms with Gasteiger partial charge in [0.1, 0.15) is 6.61 Å². The lowest BCUT2D eigenvalue weighted by Gasteiger charge is -2.19. The molecule has 0 radical (unpaired) electrons. The fourth-order valence-electron chi connectivity index (χ4n) is 2.06. The van der Waals surface area contributed by atoms with Crippen LogP contribution in [0, 0.1) is 0 Å². The Balaban J connectivity index is 2.05. The van der Waals surface area contributed by atoms with Crippen LogP contribution in [0.2, 0.25) is 0 Å². The van der Waals surface area contributed by atoms with E-state index >= 15 is 0 Å². The van der Waals surface area contributed by atoms with E-state index in [9.17, 15) is 4.79 Å². The average molecular weight is 249 g/mol. The summed E-state index contributed by atoms with van der Waals surface area (Å²) in [4.78, 5) is 18.2. The largest absolute Gasteiger partial charge is 0.372 e. The fourth-order valence-corrected chi connectivity index (χ4v) is 2.06. The molecular formula is C13H19N3O2. The third-order valence-corrected chi connectivity index (χ3v) is 2.90. The molecule has 1 aromatic heterocycles. The number of amides is 1. The molecule has 18 heavy (non-hydrogen) atoms. The van der Waals surface area contributed by atoms with E-state index in [4.69, 9.17) is 4.74 Å². The summed E-state index contributed by atoms with van der Waals surface area (Å²) in [7, 11) is 0. The number of rotatable bonds is 5. The van der Waals surface area contributed by atoms with Crippen LogP contribution < -0.4 is 10.2 Å². The zero-order valence-corrected chi connectivity index (χ0v) is 10.7. The van der Waals surface area contributed by atoms with Crippen LogP contribution in [-0.2, 0) is 9.53 Å². The van der Waals surface area contributed by atoms with Gasteiger partial charge in [0.25, 0.3) is 0 Å². The van der Waals surface area contributed by atoms with Crippen LogP contribution in [0.1, 0.15) is 19.8 Å². The Hall–Kier alpha value is -1.62. The van der Waals surface area contributed by atoms with Crippen LogP contribution in [-0.4, -0.2) is 37.2 Å². The average Bonchev–Trinajstić information content (AvgIpc) is 2.91. The summed E-state index contributed by atoms with van der Waals surface area (Å²) in [5.41, 5.74) is 0.768. The van der Waals surface area contributed by atoms with Crippen molar-refractivity contribution in [3.8, 4) is 0 Å². The highest BCUT2D eigenvalue weighted by molar-refractivity contribution is 5.94. The Morgan fingerprint density at radius 1 is 1.50 bits per heavy atom. The van der Waals surface area contributed by atoms with Crippen molar-refractivity contribution in [2.24, 2.45) is 0 Å². The van der Waals surface area contributed by atoms with Gasteiger partial charge in [0.15, 0.2) is 5.82 Å². The van der Waals surface area contributed by atoms with Gasteiger partial charge < -0.3 is 15.0 Å². The maximum Gasteiger partial charge on any atom is 0.250 e. The van der Waals surface area contributed by atoms with E-state index in [0.717, 1.165) is 24.6 Å². The van der Waals surface area contributed by atoms with E-state index in [1.165, 1.54) is 12.8 Å². The molecule has 2 heterocycles. The quantitative estimate of drug-likeness (QED) is 0.862. The van der Waals surface area contributed by atoms with Gasteiger partial charge in [-0.1, -0.05) is 0 Å². The minimum absolute atomic E-state index is 0.0881. The van der Waals surface area contributed by atoms with Gasteiger partial charge in [0.05, 0.1) is 5.69 Å². The molecule has 0 bridgehead atoms. The summed E-state index contributed by atoms with van der Waals surface area (Å²) in [6.45, 7) is 4.51. The molecule has 1 aliphatic heterocycles. The number of aromatic nitrogens is 1. The summed E-state index contributed by atoms with van der Waals surface area (Å²) in [6, 6.07) is 3.71. The van der Waals surface area contributed by atoms with Crippen molar-refractivity contribution < 1.29 is 9.53 Å². The standard InChI is InChI=1S/C13H19N3O2/c1-2-18-10-12(17)15-11-6-5-7-14-13(11)16-8-3-4-9-16/h5-7H,2-4,8-10H2,1H3,(H,15,17). The first-order chi connectivity index (χ1) is 8.81. The lowest BCUT2D eigenvalue weighted by atomic mass is 10.3. The predicted molar refractivity (Wildman–Crippen MR) is 70.8 cm³/mol. The Morgan fingerprint density at radius 3 is 3.00 bits per heavy atom. The second-order valence-corrected chi connectivity index (χ2v) is 4.25. The number of nitrogens with zero attached hydrogens (tertiary/aromatic N) is 2. The van der Waals surface area contributed by atoms with E-state index in [2.05, 4.69) is 15.2 Å². The zero-order valence-electron chi connectivity index (χ0n) is 10.7. The number of carbonyl (C=O) groups is 1. The first kappa shape index (κ1) is 12.8. The van der Waals surface area contributed by atoms with Crippen molar-refractivity contribution in [3.05, 3.63) is 18.3 Å². The molecule has 1 aliphatic rings. The Bertz CT molecular complexity index is 403. The predicted octanol–water partition coefficient (Wildman–Crippen LogP) is 1.66. The molecule has 0 unspecified atom stereocenters. The number of carbonyl (C=O) groups excluding carboxylic acids is 1. The minimum Gasteiger partial charge on any atom is -0.372 e. The number of anilines is 2. The molecule has 0 aliphatic carbocycles. The number of hydrogen-bond acceptors (Lipinski definition) is 4. The van der Waals surface area contributed by atoms with E-state index in [1.54, 1.807) is 6.20 Å². The summed E-state index contributed by atoms with van der Waals surface area (Å²) >= 11 is 0. The molecule has 1 saturated heterocycles. The Labute approximate surface area is 107 Å². The van der Waals surface area contributed by atoms with E-state index in [-0.39, 0.29) is 12.5 Å². The van der Waals surface area contributed by atoms with Gasteiger partial charge in [-0.15, -0.1) is 0 Å². The minimum atomic E-state index is -0.134. The first-order valence-corrected chi connectivity index (χ1v) is 6.39. The molecule has 0 spiro atoms. The number of pyridine rings is 1. The molecule has 1 aromatic rings. The second kappa shape index (κ2) is 6.35. The topological polar surface area (TPSA) is 54.5 Å². The van der Waals surface area contributed by atoms with Gasteiger partial charge in [-0.05, 0) is 31.9 Å². The van der Waals surface area contributed by atoms with Gasteiger partial charge in [0.2, 0.25) is 5.91 Å². The van der Waals surface area contributed by atoms with Gasteiger partial charge in [-0.2, -0.15) is 0 Å². The number of hydrogen-bond donors (Lipinski definition) is 1. The van der Waals surface area contributed by atoms with Gasteiger partial charge >= 0.3 is 0 Å². The summed E-state index contributed by atoms with van der Waals surface area (Å²) < 4.78 is 5.09. The van der Waals surface area contributed by atoms with Crippen LogP contribution >= 0.6 is 0 Å². The Kier molecular flexibility index (Phi) is 4.52. The highest BCUT2D eigenvalue weighted by Crippen LogP contribution is 2.25. The summed E-state index contributed by atoms with van der Waals surface area (Å²) in [6.07, 6.45) is 4.12. The van der Waals surface area contributed by atoms with Crippen LogP contribution in [0.3, 0.4) is 0 Å². The lowest BCUT2D eigenvalue weighted by Crippen LogP contribution is -2.24. The third-order valence-electron chi connectivity index (χ3n) is 2.90. The summed E-state index contributed by atoms with van der Waals surface area (Å²) in [5, 5.41) is 2.85. The highest BCUT2D eigenvalue weighted by Gasteiger charge is 2.17. The molecule has 1 N–H and O–H groups in total. The SMILES string of the molecule is CCOCC(=O)Nc1cccnc1N1CCCC1. The van der Waals surface area contributed by atoms with Gasteiger partial charge in [-0.25, -0.2) is 4.98 Å². The first-order valence-electron chi connectivity index (χ1n) is 6.39. The van der Waals surface area contributed by atoms with Gasteiger partial charge in [-0.3, -0.25) is 4.79 Å². The zero-order chi connectivity index (χ0) is 12.8. The monoisotopic (exact) mass is 249 g/mol. The summed E-state index contributed by atoms with van der Waals surface area (Å²) in [5.74, 6) is 0.727. The molecule has 0 saturated carbocycles. The maximum absolute atomic E-state index is 11.7. The maximum atomic E-state index is 11.7. The molecule has 2 rings (SSSR count). The van der Waals surface area contributed by atoms with Crippen molar-refractivity contribution in [2.75, 3.05) is 36.5 Å². The molecule has 0 atom stereocenters. The molecular weight excluding hydrogens is 230 g/mol. The second-order valence-electron chi connectivity index (χ2n) is 4.25. The van der Waals surface area contributed by atoms with Crippen molar-refractivity contribution >= 4 is 17.4 Å². The molecule has 0 aromatic carbocycles. The normalized spacial score (nSPS) is 14.8. The van der Waals surface area contributed by atoms with Crippen molar-refractivity contribution in [2.45, 2.75) is 19.8 Å². The highest BCUT2D eigenvalue weighted by atomic mass is 16.5. The van der Waals surface area contributed by atoms with Crippen LogP contribution in [0.4, 0.5) is 11.5 Å².